The van der Waals surface area contributed by atoms with Crippen LogP contribution in [0.25, 0.3) is 0 Å². The van der Waals surface area contributed by atoms with E-state index < -0.39 is 6.10 Å². The highest BCUT2D eigenvalue weighted by molar-refractivity contribution is 5.69. The number of benzene rings is 1. The second kappa shape index (κ2) is 8.67. The maximum absolute atomic E-state index is 11.0. The zero-order valence-corrected chi connectivity index (χ0v) is 11.7. The van der Waals surface area contributed by atoms with Crippen LogP contribution in [-0.2, 0) is 16.1 Å². The number of rotatable bonds is 8. The number of carbonyl (C=O) groups excluding carboxylic acids is 1. The Morgan fingerprint density at radius 3 is 2.63 bits per heavy atom. The molecule has 4 heteroatoms. The Morgan fingerprint density at radius 2 is 2.00 bits per heavy atom. The maximum Gasteiger partial charge on any atom is 0.305 e. The first-order valence-corrected chi connectivity index (χ1v) is 6.59. The number of methoxy groups -OCH3 is 1. The van der Waals surface area contributed by atoms with Crippen molar-refractivity contribution in [2.45, 2.75) is 31.9 Å². The van der Waals surface area contributed by atoms with E-state index in [1.807, 2.05) is 25.2 Å². The zero-order chi connectivity index (χ0) is 14.1. The molecule has 1 N–H and O–H groups in total. The molecular weight excluding hydrogens is 242 g/mol. The van der Waals surface area contributed by atoms with E-state index in [-0.39, 0.29) is 12.4 Å². The van der Waals surface area contributed by atoms with Crippen molar-refractivity contribution in [1.29, 1.82) is 0 Å². The molecule has 1 aromatic carbocycles. The molecule has 1 aromatic rings. The van der Waals surface area contributed by atoms with E-state index in [1.165, 1.54) is 12.7 Å². The molecule has 1 unspecified atom stereocenters. The quantitative estimate of drug-likeness (QED) is 0.728. The van der Waals surface area contributed by atoms with Crippen molar-refractivity contribution in [3.05, 3.63) is 35.9 Å². The molecule has 0 amide bonds. The fraction of sp³-hybridized carbons (Fsp3) is 0.533. The molecule has 0 radical (unpaired) electrons. The van der Waals surface area contributed by atoms with Gasteiger partial charge in [0.05, 0.1) is 13.2 Å². The highest BCUT2D eigenvalue weighted by Crippen LogP contribution is 2.07. The topological polar surface area (TPSA) is 49.8 Å². The van der Waals surface area contributed by atoms with E-state index in [9.17, 15) is 9.90 Å². The van der Waals surface area contributed by atoms with Gasteiger partial charge in [0.1, 0.15) is 0 Å². The van der Waals surface area contributed by atoms with Crippen molar-refractivity contribution in [2.75, 3.05) is 20.7 Å². The molecule has 4 nitrogen and oxygen atoms in total. The molecule has 0 aliphatic heterocycles. The predicted molar refractivity (Wildman–Crippen MR) is 74.6 cm³/mol. The fourth-order valence-electron chi connectivity index (χ4n) is 1.87. The highest BCUT2D eigenvalue weighted by atomic mass is 16.5. The van der Waals surface area contributed by atoms with Crippen LogP contribution >= 0.6 is 0 Å². The Kier molecular flexibility index (Phi) is 7.15. The van der Waals surface area contributed by atoms with Crippen LogP contribution in [0, 0.1) is 0 Å². The summed E-state index contributed by atoms with van der Waals surface area (Å²) in [5, 5.41) is 9.77. The van der Waals surface area contributed by atoms with Gasteiger partial charge in [-0.05, 0) is 25.5 Å². The second-order valence-electron chi connectivity index (χ2n) is 4.78. The molecule has 0 aliphatic carbocycles. The van der Waals surface area contributed by atoms with Gasteiger partial charge >= 0.3 is 5.97 Å². The van der Waals surface area contributed by atoms with Crippen LogP contribution in [0.2, 0.25) is 0 Å². The Hall–Kier alpha value is -1.39. The molecular formula is C15H23NO3. The number of nitrogens with zero attached hydrogens (tertiary/aromatic N) is 1. The van der Waals surface area contributed by atoms with Crippen molar-refractivity contribution in [3.63, 3.8) is 0 Å². The number of hydrogen-bond acceptors (Lipinski definition) is 4. The van der Waals surface area contributed by atoms with Gasteiger partial charge in [0.25, 0.3) is 0 Å². The Bertz CT molecular complexity index is 367. The van der Waals surface area contributed by atoms with Gasteiger partial charge in [-0.15, -0.1) is 0 Å². The largest absolute Gasteiger partial charge is 0.469 e. The van der Waals surface area contributed by atoms with E-state index in [1.54, 1.807) is 0 Å². The van der Waals surface area contributed by atoms with Crippen molar-refractivity contribution in [2.24, 2.45) is 0 Å². The van der Waals surface area contributed by atoms with Gasteiger partial charge in [0.15, 0.2) is 0 Å². The summed E-state index contributed by atoms with van der Waals surface area (Å²) < 4.78 is 4.54. The van der Waals surface area contributed by atoms with E-state index >= 15 is 0 Å². The first-order chi connectivity index (χ1) is 9.11. The minimum absolute atomic E-state index is 0.267. The molecule has 0 fully saturated rings. The van der Waals surface area contributed by atoms with Crippen LogP contribution in [0.4, 0.5) is 0 Å². The lowest BCUT2D eigenvalue weighted by atomic mass is 10.1. The van der Waals surface area contributed by atoms with E-state index in [0.717, 1.165) is 13.1 Å². The Balaban J connectivity index is 2.19. The molecule has 0 aromatic heterocycles. The number of ether oxygens (including phenoxy) is 1. The van der Waals surface area contributed by atoms with Gasteiger partial charge < -0.3 is 14.7 Å². The lowest BCUT2D eigenvalue weighted by molar-refractivity contribution is -0.141. The average molecular weight is 265 g/mol. The summed E-state index contributed by atoms with van der Waals surface area (Å²) in [6.07, 6.45) is 0.962. The lowest BCUT2D eigenvalue weighted by Crippen LogP contribution is -2.23. The van der Waals surface area contributed by atoms with Gasteiger partial charge in [-0.25, -0.2) is 0 Å². The SMILES string of the molecule is COC(=O)CCC(O)CCN(C)Cc1ccccc1. The monoisotopic (exact) mass is 265 g/mol. The van der Waals surface area contributed by atoms with Crippen molar-refractivity contribution < 1.29 is 14.6 Å². The van der Waals surface area contributed by atoms with E-state index in [2.05, 4.69) is 21.8 Å². The van der Waals surface area contributed by atoms with Gasteiger partial charge in [0.2, 0.25) is 0 Å². The molecule has 106 valence electrons. The van der Waals surface area contributed by atoms with E-state index in [4.69, 9.17) is 0 Å². The molecule has 0 bridgehead atoms. The minimum Gasteiger partial charge on any atom is -0.469 e. The second-order valence-corrected chi connectivity index (χ2v) is 4.78. The first kappa shape index (κ1) is 15.7. The molecule has 0 heterocycles. The normalized spacial score (nSPS) is 12.4. The third-order valence-corrected chi connectivity index (χ3v) is 3.05. The zero-order valence-electron chi connectivity index (χ0n) is 11.7. The molecule has 1 rings (SSSR count). The standard InChI is InChI=1S/C15H23NO3/c1-16(12-13-6-4-3-5-7-13)11-10-14(17)8-9-15(18)19-2/h3-7,14,17H,8-12H2,1-2H3. The third-order valence-electron chi connectivity index (χ3n) is 3.05. The number of esters is 1. The summed E-state index contributed by atoms with van der Waals surface area (Å²) in [6.45, 7) is 1.67. The van der Waals surface area contributed by atoms with Gasteiger partial charge in [-0.1, -0.05) is 30.3 Å². The van der Waals surface area contributed by atoms with Gasteiger partial charge in [0, 0.05) is 19.5 Å². The van der Waals surface area contributed by atoms with Crippen LogP contribution < -0.4 is 0 Å². The minimum atomic E-state index is -0.447. The summed E-state index contributed by atoms with van der Waals surface area (Å²) >= 11 is 0. The van der Waals surface area contributed by atoms with Crippen LogP contribution in [0.5, 0.6) is 0 Å². The highest BCUT2D eigenvalue weighted by Gasteiger charge is 2.09. The van der Waals surface area contributed by atoms with Crippen LogP contribution in [0.1, 0.15) is 24.8 Å². The third kappa shape index (κ3) is 6.94. The number of aliphatic hydroxyl groups excluding tert-OH is 1. The summed E-state index contributed by atoms with van der Waals surface area (Å²) in [7, 11) is 3.39. The molecule has 0 aliphatic rings. The van der Waals surface area contributed by atoms with Crippen molar-refractivity contribution in [1.82, 2.24) is 4.90 Å². The van der Waals surface area contributed by atoms with E-state index in [0.29, 0.717) is 12.8 Å². The number of aliphatic hydroxyl groups is 1. The van der Waals surface area contributed by atoms with Gasteiger partial charge in [-0.2, -0.15) is 0 Å². The summed E-state index contributed by atoms with van der Waals surface area (Å²) in [6, 6.07) is 10.2. The number of hydrogen-bond donors (Lipinski definition) is 1. The predicted octanol–water partition coefficient (Wildman–Crippen LogP) is 1.82. The first-order valence-electron chi connectivity index (χ1n) is 6.59. The summed E-state index contributed by atoms with van der Waals surface area (Å²) in [5.41, 5.74) is 1.26. The molecule has 0 saturated carbocycles. The van der Waals surface area contributed by atoms with Crippen LogP contribution in [0.3, 0.4) is 0 Å². The smallest absolute Gasteiger partial charge is 0.305 e. The summed E-state index contributed by atoms with van der Waals surface area (Å²) in [4.78, 5) is 13.1. The van der Waals surface area contributed by atoms with Crippen LogP contribution in [0.15, 0.2) is 30.3 Å². The molecule has 1 atom stereocenters. The Morgan fingerprint density at radius 1 is 1.32 bits per heavy atom. The molecule has 0 spiro atoms. The summed E-state index contributed by atoms with van der Waals surface area (Å²) in [5.74, 6) is -0.267. The molecule has 0 saturated heterocycles. The maximum atomic E-state index is 11.0. The fourth-order valence-corrected chi connectivity index (χ4v) is 1.87. The number of carbonyl (C=O) groups is 1. The van der Waals surface area contributed by atoms with Gasteiger partial charge in [-0.3, -0.25) is 4.79 Å². The average Bonchev–Trinajstić information content (AvgIpc) is 2.43. The van der Waals surface area contributed by atoms with Crippen LogP contribution in [-0.4, -0.2) is 42.8 Å². The van der Waals surface area contributed by atoms with Crippen molar-refractivity contribution in [3.8, 4) is 0 Å². The lowest BCUT2D eigenvalue weighted by Gasteiger charge is -2.18. The van der Waals surface area contributed by atoms with Crippen molar-refractivity contribution >= 4 is 5.97 Å². The molecule has 19 heavy (non-hydrogen) atoms. The Labute approximate surface area is 115 Å².